The molecular weight excluding hydrogens is 322 g/mol. The summed E-state index contributed by atoms with van der Waals surface area (Å²) in [6.45, 7) is 4.95. The Bertz CT molecular complexity index is 1110. The van der Waals surface area contributed by atoms with Crippen LogP contribution in [0.2, 0.25) is 0 Å². The first-order valence-electron chi connectivity index (χ1n) is 8.72. The molecular formula is C22H20N3O. The van der Waals surface area contributed by atoms with Crippen molar-refractivity contribution in [2.75, 3.05) is 0 Å². The van der Waals surface area contributed by atoms with Gasteiger partial charge in [-0.25, -0.2) is 0 Å². The first-order chi connectivity index (χ1) is 12.6. The Labute approximate surface area is 152 Å². The van der Waals surface area contributed by atoms with Crippen molar-refractivity contribution in [3.63, 3.8) is 0 Å². The van der Waals surface area contributed by atoms with Gasteiger partial charge >= 0.3 is 0 Å². The molecule has 0 bridgehead atoms. The highest BCUT2D eigenvalue weighted by Crippen LogP contribution is 2.33. The Hall–Kier alpha value is -3.14. The molecule has 26 heavy (non-hydrogen) atoms. The van der Waals surface area contributed by atoms with E-state index in [1.807, 2.05) is 36.4 Å². The number of fused-ring (bicyclic) bond motifs is 3. The molecule has 0 saturated heterocycles. The highest BCUT2D eigenvalue weighted by molar-refractivity contribution is 6.17. The molecule has 2 heterocycles. The van der Waals surface area contributed by atoms with Gasteiger partial charge in [0, 0.05) is 22.5 Å². The van der Waals surface area contributed by atoms with Crippen LogP contribution in [0.5, 0.6) is 0 Å². The summed E-state index contributed by atoms with van der Waals surface area (Å²) in [6, 6.07) is 19.2. The van der Waals surface area contributed by atoms with E-state index in [2.05, 4.69) is 35.5 Å². The Kier molecular flexibility index (Phi) is 3.96. The van der Waals surface area contributed by atoms with Crippen molar-refractivity contribution in [1.82, 2.24) is 9.55 Å². The third-order valence-corrected chi connectivity index (χ3v) is 4.80. The van der Waals surface area contributed by atoms with Crippen molar-refractivity contribution in [3.05, 3.63) is 77.6 Å². The molecule has 4 aromatic rings. The van der Waals surface area contributed by atoms with Gasteiger partial charge in [0.2, 0.25) is 5.91 Å². The zero-order valence-electron chi connectivity index (χ0n) is 14.9. The van der Waals surface area contributed by atoms with Crippen LogP contribution in [-0.2, 0) is 6.54 Å². The van der Waals surface area contributed by atoms with Crippen molar-refractivity contribution in [1.29, 1.82) is 0 Å². The summed E-state index contributed by atoms with van der Waals surface area (Å²) in [7, 11) is 0. The molecule has 129 valence electrons. The smallest absolute Gasteiger partial charge is 0.249 e. The molecule has 2 N–H and O–H groups in total. The number of primary amides is 1. The van der Waals surface area contributed by atoms with Gasteiger partial charge < -0.3 is 10.3 Å². The molecule has 1 radical (unpaired) electrons. The summed E-state index contributed by atoms with van der Waals surface area (Å²) >= 11 is 0. The summed E-state index contributed by atoms with van der Waals surface area (Å²) < 4.78 is 2.20. The van der Waals surface area contributed by atoms with Crippen molar-refractivity contribution in [3.8, 4) is 0 Å². The van der Waals surface area contributed by atoms with Gasteiger partial charge in [0.1, 0.15) is 0 Å². The van der Waals surface area contributed by atoms with Gasteiger partial charge in [-0.3, -0.25) is 9.78 Å². The normalized spacial score (nSPS) is 11.5. The van der Waals surface area contributed by atoms with E-state index in [4.69, 9.17) is 5.73 Å². The molecule has 2 aromatic carbocycles. The molecule has 0 aliphatic rings. The van der Waals surface area contributed by atoms with Crippen LogP contribution in [0.4, 0.5) is 0 Å². The van der Waals surface area contributed by atoms with Crippen LogP contribution in [-0.4, -0.2) is 15.5 Å². The number of hydrogen-bond donors (Lipinski definition) is 1. The predicted molar refractivity (Wildman–Crippen MR) is 104 cm³/mol. The number of carbonyl (C=O) groups excluding carboxylic acids is 1. The first-order valence-corrected chi connectivity index (χ1v) is 8.72. The van der Waals surface area contributed by atoms with Gasteiger partial charge in [-0.1, -0.05) is 32.0 Å². The van der Waals surface area contributed by atoms with Crippen LogP contribution in [0.1, 0.15) is 41.4 Å². The minimum atomic E-state index is -0.422. The summed E-state index contributed by atoms with van der Waals surface area (Å²) in [5, 5.41) is 1.79. The number of amides is 1. The second-order valence-electron chi connectivity index (χ2n) is 6.82. The lowest BCUT2D eigenvalue weighted by Crippen LogP contribution is -2.11. The highest BCUT2D eigenvalue weighted by Gasteiger charge is 2.17. The molecule has 0 aliphatic heterocycles. The van der Waals surface area contributed by atoms with E-state index in [9.17, 15) is 4.79 Å². The van der Waals surface area contributed by atoms with E-state index in [1.54, 1.807) is 12.3 Å². The van der Waals surface area contributed by atoms with Crippen LogP contribution < -0.4 is 5.73 Å². The van der Waals surface area contributed by atoms with Crippen LogP contribution in [0.15, 0.2) is 54.7 Å². The van der Waals surface area contributed by atoms with Gasteiger partial charge in [-0.05, 0) is 47.9 Å². The summed E-state index contributed by atoms with van der Waals surface area (Å²) in [6.07, 6.45) is 1.80. The van der Waals surface area contributed by atoms with Crippen molar-refractivity contribution >= 4 is 27.7 Å². The number of nitrogens with zero attached hydrogens (tertiary/aromatic N) is 2. The van der Waals surface area contributed by atoms with E-state index in [1.165, 1.54) is 5.56 Å². The molecule has 4 rings (SSSR count). The number of aromatic nitrogens is 2. The second kappa shape index (κ2) is 6.30. The zero-order chi connectivity index (χ0) is 18.3. The lowest BCUT2D eigenvalue weighted by atomic mass is 10.00. The number of nitrogens with two attached hydrogens (primary N) is 1. The molecule has 0 fully saturated rings. The Morgan fingerprint density at radius 2 is 2.04 bits per heavy atom. The van der Waals surface area contributed by atoms with Crippen LogP contribution in [0.3, 0.4) is 0 Å². The second-order valence-corrected chi connectivity index (χ2v) is 6.82. The van der Waals surface area contributed by atoms with Gasteiger partial charge in [0.05, 0.1) is 23.3 Å². The third-order valence-electron chi connectivity index (χ3n) is 4.80. The molecule has 0 atom stereocenters. The molecule has 0 spiro atoms. The monoisotopic (exact) mass is 342 g/mol. The predicted octanol–water partition coefficient (Wildman–Crippen LogP) is 4.26. The number of benzene rings is 2. The van der Waals surface area contributed by atoms with E-state index in [0.717, 1.165) is 27.5 Å². The maximum absolute atomic E-state index is 12.0. The lowest BCUT2D eigenvalue weighted by molar-refractivity contribution is 0.100. The molecule has 0 unspecified atom stereocenters. The molecule has 4 nitrogen and oxygen atoms in total. The Morgan fingerprint density at radius 3 is 2.73 bits per heavy atom. The van der Waals surface area contributed by atoms with Crippen LogP contribution in [0, 0.1) is 6.07 Å². The van der Waals surface area contributed by atoms with Crippen LogP contribution >= 0.6 is 0 Å². The topological polar surface area (TPSA) is 60.9 Å². The fraction of sp³-hybridized carbons (Fsp3) is 0.182. The van der Waals surface area contributed by atoms with E-state index in [-0.39, 0.29) is 0 Å². The van der Waals surface area contributed by atoms with Crippen molar-refractivity contribution in [2.45, 2.75) is 26.3 Å². The number of carbonyl (C=O) groups is 1. The molecule has 4 heteroatoms. The fourth-order valence-electron chi connectivity index (χ4n) is 3.43. The van der Waals surface area contributed by atoms with Crippen LogP contribution in [0.25, 0.3) is 21.8 Å². The molecule has 0 aliphatic carbocycles. The van der Waals surface area contributed by atoms with Gasteiger partial charge in [0.25, 0.3) is 0 Å². The van der Waals surface area contributed by atoms with Crippen molar-refractivity contribution in [2.24, 2.45) is 5.73 Å². The van der Waals surface area contributed by atoms with Crippen molar-refractivity contribution < 1.29 is 4.79 Å². The molecule has 0 saturated carbocycles. The average molecular weight is 342 g/mol. The summed E-state index contributed by atoms with van der Waals surface area (Å²) in [5.74, 6) is -0.0265. The third kappa shape index (κ3) is 2.64. The highest BCUT2D eigenvalue weighted by atomic mass is 16.1. The summed E-state index contributed by atoms with van der Waals surface area (Å²) in [4.78, 5) is 16.4. The average Bonchev–Trinajstić information content (AvgIpc) is 2.96. The fourth-order valence-corrected chi connectivity index (χ4v) is 3.43. The number of rotatable bonds is 4. The standard InChI is InChI=1S/C22H20N3O/c1-14(2)15-9-10-17-20(12-15)25(13-16-6-3-4-11-24-16)19-8-5-7-18(21(17)19)22(23)26/h3-9,11-12,14H,13H2,1-2H3,(H2,23,26). The minimum absolute atomic E-state index is 0.396. The van der Waals surface area contributed by atoms with Gasteiger partial charge in [-0.2, -0.15) is 0 Å². The Balaban J connectivity index is 2.07. The first kappa shape index (κ1) is 16.3. The van der Waals surface area contributed by atoms with E-state index < -0.39 is 5.91 Å². The summed E-state index contributed by atoms with van der Waals surface area (Å²) in [5.41, 5.74) is 10.4. The lowest BCUT2D eigenvalue weighted by Gasteiger charge is -2.09. The quantitative estimate of drug-likeness (QED) is 0.602. The van der Waals surface area contributed by atoms with Gasteiger partial charge in [0.15, 0.2) is 0 Å². The zero-order valence-corrected chi connectivity index (χ0v) is 14.9. The Morgan fingerprint density at radius 1 is 1.19 bits per heavy atom. The van der Waals surface area contributed by atoms with E-state index in [0.29, 0.717) is 18.0 Å². The maximum atomic E-state index is 12.0. The molecule has 2 aromatic heterocycles. The largest absolute Gasteiger partial charge is 0.366 e. The number of pyridine rings is 1. The minimum Gasteiger partial charge on any atom is -0.366 e. The van der Waals surface area contributed by atoms with Gasteiger partial charge in [-0.15, -0.1) is 0 Å². The van der Waals surface area contributed by atoms with E-state index >= 15 is 0 Å². The SMILES string of the molecule is CC(C)c1c[c]c2c3c(C(N)=O)cccc3n(Cc3ccccn3)c2c1. The maximum Gasteiger partial charge on any atom is 0.249 e. The number of hydrogen-bond acceptors (Lipinski definition) is 2. The molecule has 1 amide bonds.